The smallest absolute Gasteiger partial charge is 0.330 e. The number of nitrogens with two attached hydrogens (primary N) is 1. The summed E-state index contributed by atoms with van der Waals surface area (Å²) in [5.41, 5.74) is 7.84. The topological polar surface area (TPSA) is 111 Å². The number of aromatic nitrogens is 4. The predicted molar refractivity (Wildman–Crippen MR) is 135 cm³/mol. The molecule has 1 aliphatic carbocycles. The minimum atomic E-state index is -0.496. The minimum Gasteiger partial charge on any atom is -0.351 e. The molecule has 8 nitrogen and oxygen atoms in total. The first kappa shape index (κ1) is 22.4. The molecule has 0 saturated heterocycles. The zero-order valence-corrected chi connectivity index (χ0v) is 19.5. The van der Waals surface area contributed by atoms with E-state index in [4.69, 9.17) is 22.3 Å². The van der Waals surface area contributed by atoms with Crippen molar-refractivity contribution in [2.75, 3.05) is 5.32 Å². The number of anilines is 1. The highest BCUT2D eigenvalue weighted by atomic mass is 35.5. The second kappa shape index (κ2) is 9.48. The van der Waals surface area contributed by atoms with E-state index < -0.39 is 11.2 Å². The normalized spacial score (nSPS) is 18.3. The number of hydrogen-bond acceptors (Lipinski definition) is 5. The number of hydrogen-bond donors (Lipinski definition) is 3. The van der Waals surface area contributed by atoms with Crippen molar-refractivity contribution in [2.24, 2.45) is 5.73 Å². The Morgan fingerprint density at radius 2 is 1.74 bits per heavy atom. The van der Waals surface area contributed by atoms with Crippen LogP contribution in [0.4, 0.5) is 5.95 Å². The summed E-state index contributed by atoms with van der Waals surface area (Å²) in [6.45, 7) is 0.617. The van der Waals surface area contributed by atoms with E-state index in [0.717, 1.165) is 36.8 Å². The van der Waals surface area contributed by atoms with Crippen molar-refractivity contribution in [1.82, 2.24) is 19.1 Å². The number of nitrogens with zero attached hydrogens (tertiary/aromatic N) is 3. The van der Waals surface area contributed by atoms with Gasteiger partial charge in [-0.2, -0.15) is 4.98 Å². The summed E-state index contributed by atoms with van der Waals surface area (Å²) in [6.07, 6.45) is 4.03. The lowest BCUT2D eigenvalue weighted by molar-refractivity contribution is 0.401. The summed E-state index contributed by atoms with van der Waals surface area (Å²) in [5.74, 6) is 0.509. The first-order valence-electron chi connectivity index (χ1n) is 11.5. The summed E-state index contributed by atoms with van der Waals surface area (Å²) in [4.78, 5) is 33.1. The number of rotatable bonds is 6. The SMILES string of the molecule is NC1CCCCC1Nc1nc2c(c(=O)[nH]c(=O)n2Cc2ccccc2)n1Cc1ccccc1Cl. The van der Waals surface area contributed by atoms with Gasteiger partial charge in [0, 0.05) is 17.1 Å². The van der Waals surface area contributed by atoms with Crippen LogP contribution in [-0.4, -0.2) is 31.2 Å². The van der Waals surface area contributed by atoms with E-state index in [1.165, 1.54) is 4.57 Å². The van der Waals surface area contributed by atoms with Crippen LogP contribution in [0.15, 0.2) is 64.2 Å². The molecule has 9 heteroatoms. The van der Waals surface area contributed by atoms with Crippen LogP contribution < -0.4 is 22.3 Å². The van der Waals surface area contributed by atoms with Crippen molar-refractivity contribution in [3.8, 4) is 0 Å². The molecule has 2 aromatic heterocycles. The predicted octanol–water partition coefficient (Wildman–Crippen LogP) is 3.32. The Morgan fingerprint density at radius 3 is 2.50 bits per heavy atom. The van der Waals surface area contributed by atoms with Crippen molar-refractivity contribution in [3.63, 3.8) is 0 Å². The summed E-state index contributed by atoms with van der Waals surface area (Å²) >= 11 is 6.45. The maximum atomic E-state index is 13.1. The Morgan fingerprint density at radius 1 is 1.00 bits per heavy atom. The van der Waals surface area contributed by atoms with Gasteiger partial charge in [-0.05, 0) is 30.0 Å². The van der Waals surface area contributed by atoms with Gasteiger partial charge < -0.3 is 11.1 Å². The summed E-state index contributed by atoms with van der Waals surface area (Å²) in [5, 5.41) is 4.08. The third-order valence-electron chi connectivity index (χ3n) is 6.49. The Kier molecular flexibility index (Phi) is 6.26. The maximum absolute atomic E-state index is 13.1. The third kappa shape index (κ3) is 4.38. The molecule has 0 amide bonds. The van der Waals surface area contributed by atoms with E-state index >= 15 is 0 Å². The van der Waals surface area contributed by atoms with Gasteiger partial charge in [0.1, 0.15) is 0 Å². The number of aromatic amines is 1. The summed E-state index contributed by atoms with van der Waals surface area (Å²) in [7, 11) is 0. The molecule has 4 aromatic rings. The van der Waals surface area contributed by atoms with E-state index in [1.807, 2.05) is 54.6 Å². The van der Waals surface area contributed by atoms with Crippen LogP contribution in [0.3, 0.4) is 0 Å². The Hall–Kier alpha value is -3.36. The molecule has 0 bridgehead atoms. The fourth-order valence-corrected chi connectivity index (χ4v) is 4.85. The van der Waals surface area contributed by atoms with Gasteiger partial charge in [-0.3, -0.25) is 18.9 Å². The minimum absolute atomic E-state index is 0.00729. The number of fused-ring (bicyclic) bond motifs is 1. The first-order valence-corrected chi connectivity index (χ1v) is 11.9. The average Bonchev–Trinajstić information content (AvgIpc) is 3.18. The van der Waals surface area contributed by atoms with E-state index in [0.29, 0.717) is 35.2 Å². The van der Waals surface area contributed by atoms with E-state index in [2.05, 4.69) is 10.3 Å². The number of H-pyrrole nitrogens is 1. The van der Waals surface area contributed by atoms with Crippen molar-refractivity contribution in [2.45, 2.75) is 50.9 Å². The Bertz CT molecular complexity index is 1430. The molecule has 4 N–H and O–H groups in total. The zero-order valence-electron chi connectivity index (χ0n) is 18.7. The lowest BCUT2D eigenvalue weighted by Gasteiger charge is -2.29. The van der Waals surface area contributed by atoms with Crippen molar-refractivity contribution >= 4 is 28.7 Å². The number of nitrogens with one attached hydrogen (secondary N) is 2. The summed E-state index contributed by atoms with van der Waals surface area (Å²) in [6, 6.07) is 17.1. The van der Waals surface area contributed by atoms with Crippen molar-refractivity contribution in [1.29, 1.82) is 0 Å². The Balaban J connectivity index is 1.67. The molecule has 1 aliphatic rings. The lowest BCUT2D eigenvalue weighted by Crippen LogP contribution is -2.43. The van der Waals surface area contributed by atoms with Crippen molar-refractivity contribution < 1.29 is 0 Å². The largest absolute Gasteiger partial charge is 0.351 e. The second-order valence-electron chi connectivity index (χ2n) is 8.82. The second-order valence-corrected chi connectivity index (χ2v) is 9.22. The van der Waals surface area contributed by atoms with Crippen LogP contribution in [0.5, 0.6) is 0 Å². The highest BCUT2D eigenvalue weighted by Crippen LogP contribution is 2.25. The van der Waals surface area contributed by atoms with Gasteiger partial charge >= 0.3 is 5.69 Å². The zero-order chi connectivity index (χ0) is 23.7. The molecular formula is C25H27ClN6O2. The van der Waals surface area contributed by atoms with Gasteiger partial charge in [-0.25, -0.2) is 4.79 Å². The van der Waals surface area contributed by atoms with Crippen LogP contribution in [0.2, 0.25) is 5.02 Å². The lowest BCUT2D eigenvalue weighted by atomic mass is 9.91. The monoisotopic (exact) mass is 478 g/mol. The third-order valence-corrected chi connectivity index (χ3v) is 6.86. The van der Waals surface area contributed by atoms with Gasteiger partial charge in [0.15, 0.2) is 11.2 Å². The fraction of sp³-hybridized carbons (Fsp3) is 0.320. The molecule has 2 aromatic carbocycles. The van der Waals surface area contributed by atoms with Gasteiger partial charge in [-0.15, -0.1) is 0 Å². The molecule has 2 atom stereocenters. The highest BCUT2D eigenvalue weighted by molar-refractivity contribution is 6.31. The molecule has 34 heavy (non-hydrogen) atoms. The highest BCUT2D eigenvalue weighted by Gasteiger charge is 2.26. The molecule has 5 rings (SSSR count). The van der Waals surface area contributed by atoms with E-state index in [-0.39, 0.29) is 12.1 Å². The molecule has 1 fully saturated rings. The molecule has 0 radical (unpaired) electrons. The molecule has 0 aliphatic heterocycles. The number of benzene rings is 2. The van der Waals surface area contributed by atoms with Crippen LogP contribution >= 0.6 is 11.6 Å². The fourth-order valence-electron chi connectivity index (χ4n) is 4.65. The van der Waals surface area contributed by atoms with Gasteiger partial charge in [0.05, 0.1) is 13.1 Å². The Labute approximate surface area is 201 Å². The molecule has 1 saturated carbocycles. The molecule has 0 spiro atoms. The van der Waals surface area contributed by atoms with E-state index in [9.17, 15) is 9.59 Å². The van der Waals surface area contributed by atoms with Gasteiger partial charge in [0.25, 0.3) is 5.56 Å². The van der Waals surface area contributed by atoms with Crippen LogP contribution in [0.1, 0.15) is 36.8 Å². The average molecular weight is 479 g/mol. The molecule has 176 valence electrons. The first-order chi connectivity index (χ1) is 16.5. The van der Waals surface area contributed by atoms with Gasteiger partial charge in [0.2, 0.25) is 5.95 Å². The standard InChI is InChI=1S/C25H27ClN6O2/c26-18-11-5-4-10-17(18)15-31-21-22(29-24(31)28-20-13-7-6-12-19(20)27)32(25(34)30-23(21)33)14-16-8-2-1-3-9-16/h1-5,8-11,19-20H,6-7,12-15,27H2,(H,28,29)(H,30,33,34). The molecular weight excluding hydrogens is 452 g/mol. The van der Waals surface area contributed by atoms with Gasteiger partial charge in [-0.1, -0.05) is 73.0 Å². The number of halogens is 1. The van der Waals surface area contributed by atoms with E-state index in [1.54, 1.807) is 4.57 Å². The van der Waals surface area contributed by atoms with Crippen LogP contribution in [0.25, 0.3) is 11.2 Å². The quantitative estimate of drug-likeness (QED) is 0.393. The van der Waals surface area contributed by atoms with Crippen LogP contribution in [0, 0.1) is 0 Å². The number of imidazole rings is 1. The molecule has 2 unspecified atom stereocenters. The van der Waals surface area contributed by atoms with Crippen molar-refractivity contribution in [3.05, 3.63) is 91.6 Å². The maximum Gasteiger partial charge on any atom is 0.330 e. The summed E-state index contributed by atoms with van der Waals surface area (Å²) < 4.78 is 3.30. The molecule has 2 heterocycles. The van der Waals surface area contributed by atoms with Crippen LogP contribution in [-0.2, 0) is 13.1 Å².